The summed E-state index contributed by atoms with van der Waals surface area (Å²) < 4.78 is 41.9. The van der Waals surface area contributed by atoms with Crippen LogP contribution >= 0.6 is 0 Å². The van der Waals surface area contributed by atoms with Gasteiger partial charge in [0.2, 0.25) is 10.0 Å². The quantitative estimate of drug-likeness (QED) is 0.630. The zero-order chi connectivity index (χ0) is 20.4. The van der Waals surface area contributed by atoms with Gasteiger partial charge in [0.05, 0.1) is 5.75 Å². The number of benzene rings is 1. The van der Waals surface area contributed by atoms with Crippen molar-refractivity contribution < 1.29 is 12.8 Å². The van der Waals surface area contributed by atoms with Crippen molar-refractivity contribution in [1.82, 2.24) is 24.1 Å². The molecule has 8 nitrogen and oxygen atoms in total. The first-order valence-electron chi connectivity index (χ1n) is 9.24. The lowest BCUT2D eigenvalue weighted by atomic mass is 10.2. The van der Waals surface area contributed by atoms with Gasteiger partial charge < -0.3 is 4.90 Å². The fourth-order valence-electron chi connectivity index (χ4n) is 3.34. The van der Waals surface area contributed by atoms with Crippen molar-refractivity contribution in [3.8, 4) is 5.82 Å². The smallest absolute Gasteiger partial charge is 0.218 e. The number of sulfonamides is 1. The molecule has 152 valence electrons. The summed E-state index contributed by atoms with van der Waals surface area (Å²) in [4.78, 5) is 10.9. The van der Waals surface area contributed by atoms with E-state index in [9.17, 15) is 12.8 Å². The molecule has 4 rings (SSSR count). The predicted octanol–water partition coefficient (Wildman–Crippen LogP) is 1.76. The first kappa shape index (κ1) is 19.5. The number of hydrogen-bond acceptors (Lipinski definition) is 6. The Morgan fingerprint density at radius 2 is 1.79 bits per heavy atom. The molecule has 0 radical (unpaired) electrons. The average molecular weight is 416 g/mol. The van der Waals surface area contributed by atoms with Gasteiger partial charge in [0.1, 0.15) is 17.5 Å². The number of anilines is 1. The van der Waals surface area contributed by atoms with Gasteiger partial charge in [-0.2, -0.15) is 9.40 Å². The normalized spacial score (nSPS) is 15.6. The van der Waals surface area contributed by atoms with Crippen LogP contribution in [0.5, 0.6) is 0 Å². The largest absolute Gasteiger partial charge is 0.354 e. The summed E-state index contributed by atoms with van der Waals surface area (Å²) >= 11 is 0. The zero-order valence-corrected chi connectivity index (χ0v) is 16.8. The Bertz CT molecular complexity index is 1100. The van der Waals surface area contributed by atoms with E-state index in [2.05, 4.69) is 15.1 Å². The van der Waals surface area contributed by atoms with E-state index < -0.39 is 15.8 Å². The lowest BCUT2D eigenvalue weighted by Gasteiger charge is -2.34. The molecule has 10 heteroatoms. The van der Waals surface area contributed by atoms with Gasteiger partial charge in [-0.15, -0.1) is 0 Å². The highest BCUT2D eigenvalue weighted by Crippen LogP contribution is 2.20. The fourth-order valence-corrected chi connectivity index (χ4v) is 4.85. The molecule has 1 aliphatic heterocycles. The third-order valence-electron chi connectivity index (χ3n) is 4.74. The van der Waals surface area contributed by atoms with E-state index >= 15 is 0 Å². The van der Waals surface area contributed by atoms with Crippen LogP contribution in [0.25, 0.3) is 5.82 Å². The van der Waals surface area contributed by atoms with Crippen LogP contribution in [0.1, 0.15) is 11.4 Å². The lowest BCUT2D eigenvalue weighted by molar-refractivity contribution is 0.383. The third kappa shape index (κ3) is 4.43. The molecular weight excluding hydrogens is 395 g/mol. The fraction of sp³-hybridized carbons (Fsp3) is 0.316. The predicted molar refractivity (Wildman–Crippen MR) is 107 cm³/mol. The summed E-state index contributed by atoms with van der Waals surface area (Å²) in [6.45, 7) is 3.53. The maximum Gasteiger partial charge on any atom is 0.218 e. The van der Waals surface area contributed by atoms with E-state index in [1.807, 2.05) is 30.2 Å². The molecule has 29 heavy (non-hydrogen) atoms. The van der Waals surface area contributed by atoms with Crippen LogP contribution in [0.3, 0.4) is 0 Å². The number of aromatic nitrogens is 4. The van der Waals surface area contributed by atoms with E-state index in [-0.39, 0.29) is 5.75 Å². The van der Waals surface area contributed by atoms with Crippen molar-refractivity contribution in [2.24, 2.45) is 0 Å². The molecule has 0 spiro atoms. The van der Waals surface area contributed by atoms with Gasteiger partial charge in [0, 0.05) is 44.6 Å². The molecule has 1 aromatic carbocycles. The molecule has 0 unspecified atom stereocenters. The molecule has 1 saturated heterocycles. The van der Waals surface area contributed by atoms with Crippen LogP contribution in [0, 0.1) is 12.7 Å². The Labute approximate surface area is 168 Å². The summed E-state index contributed by atoms with van der Waals surface area (Å²) in [5.41, 5.74) is 0.447. The highest BCUT2D eigenvalue weighted by atomic mass is 32.2. The van der Waals surface area contributed by atoms with Gasteiger partial charge in [-0.25, -0.2) is 27.5 Å². The number of aryl methyl sites for hydroxylation is 1. The Morgan fingerprint density at radius 3 is 2.48 bits per heavy atom. The van der Waals surface area contributed by atoms with Crippen molar-refractivity contribution in [1.29, 1.82) is 0 Å². The topological polar surface area (TPSA) is 84.2 Å². The molecule has 0 saturated carbocycles. The number of halogens is 1. The molecule has 1 aliphatic rings. The lowest BCUT2D eigenvalue weighted by Crippen LogP contribution is -2.49. The van der Waals surface area contributed by atoms with Crippen LogP contribution in [0.15, 0.2) is 48.8 Å². The average Bonchev–Trinajstić information content (AvgIpc) is 3.22. The Kier molecular flexibility index (Phi) is 5.29. The summed E-state index contributed by atoms with van der Waals surface area (Å²) in [7, 11) is -3.52. The molecule has 1 fully saturated rings. The number of nitrogens with zero attached hydrogens (tertiary/aromatic N) is 6. The summed E-state index contributed by atoms with van der Waals surface area (Å²) in [6, 6.07) is 9.37. The van der Waals surface area contributed by atoms with Crippen molar-refractivity contribution in [3.63, 3.8) is 0 Å². The van der Waals surface area contributed by atoms with Crippen molar-refractivity contribution in [2.45, 2.75) is 12.7 Å². The van der Waals surface area contributed by atoms with E-state index in [1.165, 1.54) is 22.5 Å². The first-order valence-corrected chi connectivity index (χ1v) is 10.8. The maximum atomic E-state index is 13.4. The standard InChI is InChI=1S/C19H21FN6O2S/c1-15-22-18(13-19(23-15)26-7-3-6-21-26)24-8-10-25(11-9-24)29(27,28)14-16-4-2-5-17(20)12-16/h2-7,12-13H,8-11,14H2,1H3. The first-order chi connectivity index (χ1) is 13.9. The van der Waals surface area contributed by atoms with Gasteiger partial charge in [-0.3, -0.25) is 0 Å². The molecule has 0 aliphatic carbocycles. The number of hydrogen-bond donors (Lipinski definition) is 0. The highest BCUT2D eigenvalue weighted by molar-refractivity contribution is 7.88. The van der Waals surface area contributed by atoms with Crippen LogP contribution in [-0.2, 0) is 15.8 Å². The van der Waals surface area contributed by atoms with Crippen LogP contribution in [0.4, 0.5) is 10.2 Å². The third-order valence-corrected chi connectivity index (χ3v) is 6.59. The SMILES string of the molecule is Cc1nc(N2CCN(S(=O)(=O)Cc3cccc(F)c3)CC2)cc(-n2cccn2)n1. The Hall–Kier alpha value is -2.85. The summed E-state index contributed by atoms with van der Waals surface area (Å²) in [5, 5.41) is 4.20. The minimum Gasteiger partial charge on any atom is -0.354 e. The number of rotatable bonds is 5. The molecule has 3 heterocycles. The van der Waals surface area contributed by atoms with Gasteiger partial charge in [0.25, 0.3) is 0 Å². The number of piperazine rings is 1. The van der Waals surface area contributed by atoms with E-state index in [4.69, 9.17) is 0 Å². The summed E-state index contributed by atoms with van der Waals surface area (Å²) in [5.74, 6) is 1.38. The molecule has 0 N–H and O–H groups in total. The van der Waals surface area contributed by atoms with Gasteiger partial charge in [-0.1, -0.05) is 12.1 Å². The second-order valence-electron chi connectivity index (χ2n) is 6.85. The minimum atomic E-state index is -3.52. The van der Waals surface area contributed by atoms with Crippen LogP contribution in [-0.4, -0.2) is 58.7 Å². The van der Waals surface area contributed by atoms with Gasteiger partial charge in [0.15, 0.2) is 5.82 Å². The molecule has 0 atom stereocenters. The molecular formula is C19H21FN6O2S. The summed E-state index contributed by atoms with van der Waals surface area (Å²) in [6.07, 6.45) is 3.49. The van der Waals surface area contributed by atoms with Crippen molar-refractivity contribution in [2.75, 3.05) is 31.1 Å². The minimum absolute atomic E-state index is 0.208. The van der Waals surface area contributed by atoms with E-state index in [0.29, 0.717) is 43.4 Å². The van der Waals surface area contributed by atoms with Crippen LogP contribution < -0.4 is 4.90 Å². The van der Waals surface area contributed by atoms with Crippen molar-refractivity contribution in [3.05, 3.63) is 66.0 Å². The highest BCUT2D eigenvalue weighted by Gasteiger charge is 2.28. The van der Waals surface area contributed by atoms with Gasteiger partial charge in [-0.05, 0) is 30.7 Å². The van der Waals surface area contributed by atoms with Gasteiger partial charge >= 0.3 is 0 Å². The maximum absolute atomic E-state index is 13.4. The Balaban J connectivity index is 1.45. The van der Waals surface area contributed by atoms with E-state index in [0.717, 1.165) is 5.82 Å². The Morgan fingerprint density at radius 1 is 1.03 bits per heavy atom. The second kappa shape index (κ2) is 7.88. The zero-order valence-electron chi connectivity index (χ0n) is 15.9. The monoisotopic (exact) mass is 416 g/mol. The molecule has 0 amide bonds. The molecule has 3 aromatic rings. The van der Waals surface area contributed by atoms with Crippen LogP contribution in [0.2, 0.25) is 0 Å². The second-order valence-corrected chi connectivity index (χ2v) is 8.82. The van der Waals surface area contributed by atoms with E-state index in [1.54, 1.807) is 16.9 Å². The molecule has 0 bridgehead atoms. The van der Waals surface area contributed by atoms with Crippen molar-refractivity contribution >= 4 is 15.8 Å². The molecule has 2 aromatic heterocycles.